The zero-order valence-corrected chi connectivity index (χ0v) is 13.8. The zero-order chi connectivity index (χ0) is 14.0. The second-order valence-corrected chi connectivity index (χ2v) is 6.15. The maximum atomic E-state index is 9.54. The minimum atomic E-state index is -0.488. The molecule has 0 aliphatic carbocycles. The van der Waals surface area contributed by atoms with Crippen LogP contribution in [0.2, 0.25) is 0 Å². The topological polar surface area (TPSA) is 29.5 Å². The van der Waals surface area contributed by atoms with Gasteiger partial charge in [-0.3, -0.25) is 0 Å². The Kier molecular flexibility index (Phi) is 4.66. The lowest BCUT2D eigenvalue weighted by molar-refractivity contribution is 0.199. The number of aliphatic hydroxyl groups is 1. The maximum absolute atomic E-state index is 9.54. The van der Waals surface area contributed by atoms with E-state index in [-0.39, 0.29) is 0 Å². The number of ether oxygens (including phenoxy) is 1. The SMILES string of the molecule is Cc1ccc(Br)cc1Oc1ccc([C@H](C)O)cc1Br. The van der Waals surface area contributed by atoms with Crippen molar-refractivity contribution in [1.82, 2.24) is 0 Å². The fourth-order valence-electron chi connectivity index (χ4n) is 1.66. The van der Waals surface area contributed by atoms with E-state index in [1.54, 1.807) is 6.92 Å². The molecule has 2 rings (SSSR count). The summed E-state index contributed by atoms with van der Waals surface area (Å²) < 4.78 is 7.70. The Bertz CT molecular complexity index is 595. The van der Waals surface area contributed by atoms with Crippen molar-refractivity contribution in [3.8, 4) is 11.5 Å². The summed E-state index contributed by atoms with van der Waals surface area (Å²) in [6.07, 6.45) is -0.488. The third kappa shape index (κ3) is 3.59. The molecule has 0 aliphatic heterocycles. The van der Waals surface area contributed by atoms with E-state index in [2.05, 4.69) is 31.9 Å². The lowest BCUT2D eigenvalue weighted by Crippen LogP contribution is -1.93. The molecule has 0 heterocycles. The summed E-state index contributed by atoms with van der Waals surface area (Å²) in [6, 6.07) is 11.5. The molecule has 100 valence electrons. The van der Waals surface area contributed by atoms with E-state index >= 15 is 0 Å². The van der Waals surface area contributed by atoms with Crippen LogP contribution in [-0.2, 0) is 0 Å². The van der Waals surface area contributed by atoms with Crippen LogP contribution < -0.4 is 4.74 Å². The minimum Gasteiger partial charge on any atom is -0.456 e. The molecule has 4 heteroatoms. The molecule has 2 aromatic carbocycles. The number of hydrogen-bond donors (Lipinski definition) is 1. The van der Waals surface area contributed by atoms with Gasteiger partial charge in [0.15, 0.2) is 0 Å². The Hall–Kier alpha value is -0.840. The molecule has 0 saturated heterocycles. The molecule has 0 aromatic heterocycles. The molecule has 19 heavy (non-hydrogen) atoms. The highest BCUT2D eigenvalue weighted by atomic mass is 79.9. The van der Waals surface area contributed by atoms with Crippen LogP contribution in [-0.4, -0.2) is 5.11 Å². The van der Waals surface area contributed by atoms with Gasteiger partial charge in [0.2, 0.25) is 0 Å². The highest BCUT2D eigenvalue weighted by Gasteiger charge is 2.08. The van der Waals surface area contributed by atoms with E-state index in [4.69, 9.17) is 4.74 Å². The highest BCUT2D eigenvalue weighted by Crippen LogP contribution is 2.34. The van der Waals surface area contributed by atoms with Crippen molar-refractivity contribution >= 4 is 31.9 Å². The third-order valence-corrected chi connectivity index (χ3v) is 3.92. The van der Waals surface area contributed by atoms with Gasteiger partial charge in [-0.05, 0) is 65.2 Å². The molecule has 0 amide bonds. The molecular formula is C15H14Br2O2. The first kappa shape index (κ1) is 14.6. The van der Waals surface area contributed by atoms with Crippen LogP contribution in [0.3, 0.4) is 0 Å². The number of aliphatic hydroxyl groups excluding tert-OH is 1. The first-order valence-electron chi connectivity index (χ1n) is 5.89. The van der Waals surface area contributed by atoms with Gasteiger partial charge in [-0.15, -0.1) is 0 Å². The predicted octanol–water partition coefficient (Wildman–Crippen LogP) is 5.37. The monoisotopic (exact) mass is 384 g/mol. The van der Waals surface area contributed by atoms with E-state index in [1.807, 2.05) is 43.3 Å². The smallest absolute Gasteiger partial charge is 0.141 e. The van der Waals surface area contributed by atoms with Gasteiger partial charge >= 0.3 is 0 Å². The molecule has 2 nitrogen and oxygen atoms in total. The standard InChI is InChI=1S/C15H14Br2O2/c1-9-3-5-12(16)8-15(9)19-14-6-4-11(10(2)18)7-13(14)17/h3-8,10,18H,1-2H3/t10-/m0/s1. The van der Waals surface area contributed by atoms with Gasteiger partial charge in [0, 0.05) is 4.47 Å². The Morgan fingerprint density at radius 1 is 1.05 bits per heavy atom. The van der Waals surface area contributed by atoms with E-state index < -0.39 is 6.10 Å². The third-order valence-electron chi connectivity index (χ3n) is 2.81. The van der Waals surface area contributed by atoms with Gasteiger partial charge in [0.25, 0.3) is 0 Å². The number of halogens is 2. The molecule has 1 N–H and O–H groups in total. The number of rotatable bonds is 3. The Morgan fingerprint density at radius 3 is 2.42 bits per heavy atom. The van der Waals surface area contributed by atoms with E-state index in [0.29, 0.717) is 0 Å². The predicted molar refractivity (Wildman–Crippen MR) is 83.7 cm³/mol. The summed E-state index contributed by atoms with van der Waals surface area (Å²) in [4.78, 5) is 0. The molecule has 0 spiro atoms. The summed E-state index contributed by atoms with van der Waals surface area (Å²) >= 11 is 6.90. The van der Waals surface area contributed by atoms with Crippen molar-refractivity contribution in [2.24, 2.45) is 0 Å². The quantitative estimate of drug-likeness (QED) is 0.769. The Balaban J connectivity index is 2.31. The van der Waals surface area contributed by atoms with Crippen LogP contribution in [0.5, 0.6) is 11.5 Å². The van der Waals surface area contributed by atoms with Gasteiger partial charge in [0.1, 0.15) is 11.5 Å². The van der Waals surface area contributed by atoms with Crippen LogP contribution in [0.4, 0.5) is 0 Å². The van der Waals surface area contributed by atoms with Crippen molar-refractivity contribution in [2.75, 3.05) is 0 Å². The molecule has 0 bridgehead atoms. The lowest BCUT2D eigenvalue weighted by atomic mass is 10.1. The van der Waals surface area contributed by atoms with Crippen molar-refractivity contribution in [3.05, 3.63) is 56.5 Å². The lowest BCUT2D eigenvalue weighted by Gasteiger charge is -2.12. The summed E-state index contributed by atoms with van der Waals surface area (Å²) in [6.45, 7) is 3.74. The van der Waals surface area contributed by atoms with Crippen LogP contribution >= 0.6 is 31.9 Å². The molecule has 0 unspecified atom stereocenters. The number of aryl methyl sites for hydroxylation is 1. The molecule has 0 fully saturated rings. The summed E-state index contributed by atoms with van der Waals surface area (Å²) in [5.41, 5.74) is 1.92. The second kappa shape index (κ2) is 6.07. The number of hydrogen-bond acceptors (Lipinski definition) is 2. The first-order valence-corrected chi connectivity index (χ1v) is 7.47. The molecule has 0 radical (unpaired) electrons. The molecule has 0 saturated carbocycles. The number of benzene rings is 2. The normalized spacial score (nSPS) is 12.3. The van der Waals surface area contributed by atoms with Crippen molar-refractivity contribution < 1.29 is 9.84 Å². The van der Waals surface area contributed by atoms with Crippen LogP contribution in [0, 0.1) is 6.92 Å². The van der Waals surface area contributed by atoms with E-state index in [1.165, 1.54) is 0 Å². The fourth-order valence-corrected chi connectivity index (χ4v) is 2.48. The maximum Gasteiger partial charge on any atom is 0.141 e. The van der Waals surface area contributed by atoms with Gasteiger partial charge in [-0.1, -0.05) is 28.1 Å². The highest BCUT2D eigenvalue weighted by molar-refractivity contribution is 9.10. The Labute approximate surface area is 129 Å². The van der Waals surface area contributed by atoms with E-state index in [9.17, 15) is 5.11 Å². The van der Waals surface area contributed by atoms with Gasteiger partial charge < -0.3 is 9.84 Å². The van der Waals surface area contributed by atoms with Crippen molar-refractivity contribution in [2.45, 2.75) is 20.0 Å². The molecule has 2 aromatic rings. The van der Waals surface area contributed by atoms with Gasteiger partial charge in [0.05, 0.1) is 10.6 Å². The van der Waals surface area contributed by atoms with Gasteiger partial charge in [-0.25, -0.2) is 0 Å². The van der Waals surface area contributed by atoms with Crippen molar-refractivity contribution in [3.63, 3.8) is 0 Å². The fraction of sp³-hybridized carbons (Fsp3) is 0.200. The molecule has 1 atom stereocenters. The summed E-state index contributed by atoms with van der Waals surface area (Å²) in [5, 5.41) is 9.54. The van der Waals surface area contributed by atoms with Crippen LogP contribution in [0.1, 0.15) is 24.2 Å². The Morgan fingerprint density at radius 2 is 1.79 bits per heavy atom. The minimum absolute atomic E-state index is 0.488. The summed E-state index contributed by atoms with van der Waals surface area (Å²) in [7, 11) is 0. The average molecular weight is 386 g/mol. The molecule has 0 aliphatic rings. The average Bonchev–Trinajstić information content (AvgIpc) is 2.36. The van der Waals surface area contributed by atoms with Crippen molar-refractivity contribution in [1.29, 1.82) is 0 Å². The van der Waals surface area contributed by atoms with Crippen LogP contribution in [0.25, 0.3) is 0 Å². The first-order chi connectivity index (χ1) is 8.97. The second-order valence-electron chi connectivity index (χ2n) is 4.38. The molecular weight excluding hydrogens is 372 g/mol. The largest absolute Gasteiger partial charge is 0.456 e. The van der Waals surface area contributed by atoms with Crippen LogP contribution in [0.15, 0.2) is 45.3 Å². The zero-order valence-electron chi connectivity index (χ0n) is 10.7. The van der Waals surface area contributed by atoms with Gasteiger partial charge in [-0.2, -0.15) is 0 Å². The summed E-state index contributed by atoms with van der Waals surface area (Å²) in [5.74, 6) is 1.53. The van der Waals surface area contributed by atoms with E-state index in [0.717, 1.165) is 31.6 Å².